The zero-order valence-electron chi connectivity index (χ0n) is 26.1. The van der Waals surface area contributed by atoms with Gasteiger partial charge < -0.3 is 19.3 Å². The van der Waals surface area contributed by atoms with Gasteiger partial charge in [0.15, 0.2) is 6.10 Å². The normalized spacial score (nSPS) is 15.3. The first-order valence-electron chi connectivity index (χ1n) is 14.6. The van der Waals surface area contributed by atoms with E-state index in [2.05, 4.69) is 17.5 Å². The number of fused-ring (bicyclic) bond motifs is 2. The Labute approximate surface area is 255 Å². The van der Waals surface area contributed by atoms with Crippen LogP contribution in [0.5, 0.6) is 5.75 Å². The Kier molecular flexibility index (Phi) is 8.09. The van der Waals surface area contributed by atoms with Crippen molar-refractivity contribution < 1.29 is 23.6 Å². The van der Waals surface area contributed by atoms with Gasteiger partial charge in [0.25, 0.3) is 0 Å². The van der Waals surface area contributed by atoms with E-state index in [9.17, 15) is 14.1 Å². The van der Waals surface area contributed by atoms with Gasteiger partial charge in [-0.05, 0) is 129 Å². The maximum atomic E-state index is 14.4. The van der Waals surface area contributed by atoms with E-state index >= 15 is 0 Å². The van der Waals surface area contributed by atoms with Crippen molar-refractivity contribution in [2.75, 3.05) is 11.3 Å². The van der Waals surface area contributed by atoms with Crippen molar-refractivity contribution in [3.8, 4) is 16.9 Å². The van der Waals surface area contributed by atoms with Gasteiger partial charge in [0.2, 0.25) is 0 Å². The molecule has 1 aliphatic rings. The van der Waals surface area contributed by atoms with Crippen LogP contribution in [0.1, 0.15) is 66.7 Å². The first-order chi connectivity index (χ1) is 20.2. The summed E-state index contributed by atoms with van der Waals surface area (Å²) in [6, 6.07) is 17.5. The summed E-state index contributed by atoms with van der Waals surface area (Å²) >= 11 is 0. The van der Waals surface area contributed by atoms with Crippen molar-refractivity contribution in [2.24, 2.45) is 0 Å². The third-order valence-electron chi connectivity index (χ3n) is 8.34. The molecule has 0 saturated carbocycles. The van der Waals surface area contributed by atoms with E-state index in [-0.39, 0.29) is 0 Å². The van der Waals surface area contributed by atoms with Crippen molar-refractivity contribution in [2.45, 2.75) is 77.9 Å². The van der Waals surface area contributed by atoms with Crippen molar-refractivity contribution >= 4 is 38.0 Å². The Bertz CT molecular complexity index is 1850. The molecule has 0 aromatic heterocycles. The van der Waals surface area contributed by atoms with Gasteiger partial charge in [-0.15, -0.1) is 0 Å². The average molecular weight is 600 g/mol. The summed E-state index contributed by atoms with van der Waals surface area (Å²) in [5.41, 5.74) is 6.82. The molecule has 7 heteroatoms. The molecule has 226 valence electrons. The fraction of sp³-hybridized carbons (Fsp3) is 0.333. The summed E-state index contributed by atoms with van der Waals surface area (Å²) in [6.45, 7) is 14.2. The molecule has 43 heavy (non-hydrogen) atoms. The SMILES string of the molecule is C=S(=O)(Nc1c(C)c(C)c(-c2ccc3c(c2C)CCCO3)c([C@H](OC(C)(C)C)C(=O)O)c1C)c1cccc2ccccc12. The molecular formula is C36H41NO5S. The van der Waals surface area contributed by atoms with E-state index in [1.54, 1.807) is 0 Å². The lowest BCUT2D eigenvalue weighted by Crippen LogP contribution is -2.29. The van der Waals surface area contributed by atoms with Crippen LogP contribution in [0, 0.1) is 27.7 Å². The maximum Gasteiger partial charge on any atom is 0.337 e. The van der Waals surface area contributed by atoms with Gasteiger partial charge in [-0.1, -0.05) is 42.5 Å². The van der Waals surface area contributed by atoms with Gasteiger partial charge in [0.1, 0.15) is 5.75 Å². The zero-order chi connectivity index (χ0) is 31.3. The number of nitrogens with one attached hydrogen (secondary N) is 1. The minimum Gasteiger partial charge on any atom is -0.493 e. The molecule has 4 aromatic rings. The van der Waals surface area contributed by atoms with Crippen LogP contribution in [0.2, 0.25) is 0 Å². The number of ether oxygens (including phenoxy) is 2. The summed E-state index contributed by atoms with van der Waals surface area (Å²) in [6.07, 6.45) is 0.567. The van der Waals surface area contributed by atoms with E-state index in [0.29, 0.717) is 28.3 Å². The van der Waals surface area contributed by atoms with Crippen LogP contribution in [0.3, 0.4) is 0 Å². The lowest BCUT2D eigenvalue weighted by Gasteiger charge is -2.32. The second kappa shape index (κ2) is 11.4. The predicted octanol–water partition coefficient (Wildman–Crippen LogP) is 8.11. The molecule has 1 aliphatic heterocycles. The highest BCUT2D eigenvalue weighted by molar-refractivity contribution is 8.01. The zero-order valence-corrected chi connectivity index (χ0v) is 26.9. The molecule has 5 rings (SSSR count). The van der Waals surface area contributed by atoms with Crippen molar-refractivity contribution in [3.63, 3.8) is 0 Å². The molecule has 1 heterocycles. The number of aliphatic carboxylic acids is 1. The summed E-state index contributed by atoms with van der Waals surface area (Å²) in [7, 11) is -3.05. The quantitative estimate of drug-likeness (QED) is 0.210. The number of anilines is 1. The van der Waals surface area contributed by atoms with Crippen molar-refractivity contribution in [3.05, 3.63) is 88.0 Å². The minimum absolute atomic E-state index is 0.543. The fourth-order valence-corrected chi connectivity index (χ4v) is 7.76. The second-order valence-electron chi connectivity index (χ2n) is 12.4. The highest BCUT2D eigenvalue weighted by Crippen LogP contribution is 2.46. The van der Waals surface area contributed by atoms with Crippen molar-refractivity contribution in [1.82, 2.24) is 0 Å². The average Bonchev–Trinajstić information content (AvgIpc) is 2.96. The summed E-state index contributed by atoms with van der Waals surface area (Å²) in [5, 5.41) is 12.4. The monoisotopic (exact) mass is 599 g/mol. The molecule has 2 atom stereocenters. The summed E-state index contributed by atoms with van der Waals surface area (Å²) in [5.74, 6) is 3.96. The van der Waals surface area contributed by atoms with E-state index < -0.39 is 27.4 Å². The first kappa shape index (κ1) is 30.6. The Balaban J connectivity index is 1.78. The molecule has 0 bridgehead atoms. The van der Waals surface area contributed by atoms with E-state index in [0.717, 1.165) is 62.7 Å². The Morgan fingerprint density at radius 1 is 0.977 bits per heavy atom. The molecule has 6 nitrogen and oxygen atoms in total. The largest absolute Gasteiger partial charge is 0.493 e. The first-order valence-corrected chi connectivity index (χ1v) is 16.4. The van der Waals surface area contributed by atoms with Crippen molar-refractivity contribution in [1.29, 1.82) is 0 Å². The van der Waals surface area contributed by atoms with Crippen LogP contribution >= 0.6 is 0 Å². The Morgan fingerprint density at radius 2 is 1.67 bits per heavy atom. The fourth-order valence-electron chi connectivity index (χ4n) is 6.18. The lowest BCUT2D eigenvalue weighted by atomic mass is 9.82. The van der Waals surface area contributed by atoms with E-state index in [1.807, 2.05) is 96.1 Å². The molecule has 4 aromatic carbocycles. The summed E-state index contributed by atoms with van der Waals surface area (Å²) < 4.78 is 29.9. The molecule has 2 N–H and O–H groups in total. The van der Waals surface area contributed by atoms with Crippen LogP contribution in [-0.2, 0) is 25.7 Å². The molecule has 0 saturated heterocycles. The minimum atomic E-state index is -3.05. The van der Waals surface area contributed by atoms with Crippen LogP contribution in [0.15, 0.2) is 59.5 Å². The smallest absolute Gasteiger partial charge is 0.337 e. The Morgan fingerprint density at radius 3 is 2.37 bits per heavy atom. The van der Waals surface area contributed by atoms with Crippen LogP contribution < -0.4 is 9.46 Å². The number of rotatable bonds is 7. The highest BCUT2D eigenvalue weighted by Gasteiger charge is 2.34. The Hall–Kier alpha value is -3.81. The van der Waals surface area contributed by atoms with Gasteiger partial charge >= 0.3 is 5.97 Å². The lowest BCUT2D eigenvalue weighted by molar-refractivity contribution is -0.160. The summed E-state index contributed by atoms with van der Waals surface area (Å²) in [4.78, 5) is 13.6. The molecular weight excluding hydrogens is 558 g/mol. The third-order valence-corrected chi connectivity index (χ3v) is 9.94. The highest BCUT2D eigenvalue weighted by atomic mass is 32.2. The van der Waals surface area contributed by atoms with E-state index in [4.69, 9.17) is 9.47 Å². The van der Waals surface area contributed by atoms with Gasteiger partial charge in [0.05, 0.1) is 32.5 Å². The number of benzene rings is 4. The van der Waals surface area contributed by atoms with Gasteiger partial charge in [-0.3, -0.25) is 0 Å². The van der Waals surface area contributed by atoms with E-state index in [1.165, 1.54) is 0 Å². The van der Waals surface area contributed by atoms with Crippen LogP contribution in [-0.4, -0.2) is 33.4 Å². The molecule has 0 fully saturated rings. The topological polar surface area (TPSA) is 84.9 Å². The number of carboxylic acids is 1. The molecule has 1 unspecified atom stereocenters. The number of hydrogen-bond acceptors (Lipinski definition) is 4. The van der Waals surface area contributed by atoms with Gasteiger partial charge in [-0.25, -0.2) is 9.00 Å². The number of hydrogen-bond donors (Lipinski definition) is 2. The number of carboxylic acid groups (broad SMARTS) is 1. The van der Waals surface area contributed by atoms with Crippen LogP contribution in [0.25, 0.3) is 21.9 Å². The van der Waals surface area contributed by atoms with Gasteiger partial charge in [0, 0.05) is 5.56 Å². The number of carbonyl (C=O) groups is 1. The van der Waals surface area contributed by atoms with Crippen LogP contribution in [0.4, 0.5) is 5.69 Å². The molecule has 0 amide bonds. The molecule has 0 spiro atoms. The third kappa shape index (κ3) is 5.76. The van der Waals surface area contributed by atoms with Gasteiger partial charge in [-0.2, -0.15) is 0 Å². The standard InChI is InChI=1S/C36H41NO5S/c1-21-22(2)33(37-43(8,40)30-17-11-14-25-13-9-10-15-28(25)30)24(4)32(34(35(38)39)42-36(5,6)7)31(21)27-18-19-29-26(23(27)3)16-12-20-41-29/h9-11,13-15,17-19,34H,8,12,16,20H2,1-7H3,(H,37,40)(H,38,39)/t34-,43?/m0/s1. The maximum absolute atomic E-state index is 14.4. The predicted molar refractivity (Wildman–Crippen MR) is 177 cm³/mol. The molecule has 0 aliphatic carbocycles. The molecule has 0 radical (unpaired) electrons. The second-order valence-corrected chi connectivity index (χ2v) is 14.4.